The Morgan fingerprint density at radius 1 is 1.20 bits per heavy atom. The predicted octanol–water partition coefficient (Wildman–Crippen LogP) is 2.79. The van der Waals surface area contributed by atoms with Crippen molar-refractivity contribution in [2.75, 3.05) is 25.1 Å². The molecule has 1 unspecified atom stereocenters. The molecule has 114 valence electrons. The molecule has 0 saturated heterocycles. The first-order valence-electron chi connectivity index (χ1n) is 6.95. The van der Waals surface area contributed by atoms with Crippen molar-refractivity contribution in [3.8, 4) is 6.01 Å². The van der Waals surface area contributed by atoms with Gasteiger partial charge in [-0.25, -0.2) is 0 Å². The third kappa shape index (κ3) is 5.88. The number of nitrogens with zero attached hydrogens (tertiary/aromatic N) is 3. The largest absolute Gasteiger partial charge is 0.463 e. The Kier molecular flexibility index (Phi) is 7.54. The van der Waals surface area contributed by atoms with E-state index in [0.29, 0.717) is 31.7 Å². The van der Waals surface area contributed by atoms with Gasteiger partial charge in [-0.05, 0) is 30.9 Å². The predicted molar refractivity (Wildman–Crippen MR) is 79.4 cm³/mol. The van der Waals surface area contributed by atoms with Crippen LogP contribution < -0.4 is 10.1 Å². The van der Waals surface area contributed by atoms with Gasteiger partial charge in [0.2, 0.25) is 11.2 Å². The van der Waals surface area contributed by atoms with Gasteiger partial charge < -0.3 is 14.8 Å². The van der Waals surface area contributed by atoms with E-state index in [0.717, 1.165) is 6.42 Å². The lowest BCUT2D eigenvalue weighted by Gasteiger charge is -2.22. The second-order valence-electron chi connectivity index (χ2n) is 4.71. The fourth-order valence-electron chi connectivity index (χ4n) is 1.47. The number of ether oxygens (including phenoxy) is 2. The number of hydrogen-bond donors (Lipinski definition) is 1. The number of halogens is 1. The Bertz CT molecular complexity index is 404. The molecule has 6 nitrogen and oxygen atoms in total. The van der Waals surface area contributed by atoms with Crippen LogP contribution in [0.2, 0.25) is 5.28 Å². The first kappa shape index (κ1) is 16.9. The molecule has 0 radical (unpaired) electrons. The summed E-state index contributed by atoms with van der Waals surface area (Å²) in [4.78, 5) is 12.2. The van der Waals surface area contributed by atoms with Crippen LogP contribution in [-0.4, -0.2) is 40.8 Å². The highest BCUT2D eigenvalue weighted by Crippen LogP contribution is 2.15. The molecule has 0 aromatic carbocycles. The molecule has 0 amide bonds. The molecule has 1 aromatic rings. The Morgan fingerprint density at radius 3 is 2.55 bits per heavy atom. The first-order chi connectivity index (χ1) is 9.56. The lowest BCUT2D eigenvalue weighted by Crippen LogP contribution is -2.32. The van der Waals surface area contributed by atoms with E-state index in [1.807, 2.05) is 13.8 Å². The van der Waals surface area contributed by atoms with Gasteiger partial charge in [-0.3, -0.25) is 0 Å². The van der Waals surface area contributed by atoms with Crippen molar-refractivity contribution in [1.29, 1.82) is 0 Å². The van der Waals surface area contributed by atoms with Gasteiger partial charge in [-0.1, -0.05) is 20.8 Å². The standard InChI is InChI=1S/C13H23ClN4O2/c1-5-7-20-13-17-11(14)16-12(18-13)15-10(9(3)4)8-19-6-2/h9-10H,5-8H2,1-4H3,(H,15,16,17,18). The molecule has 1 atom stereocenters. The van der Waals surface area contributed by atoms with Crippen LogP contribution in [0.4, 0.5) is 5.95 Å². The second kappa shape index (κ2) is 8.92. The zero-order chi connectivity index (χ0) is 15.0. The van der Waals surface area contributed by atoms with Gasteiger partial charge in [-0.15, -0.1) is 0 Å². The zero-order valence-electron chi connectivity index (χ0n) is 12.5. The maximum Gasteiger partial charge on any atom is 0.322 e. The molecule has 1 aromatic heterocycles. The molecule has 0 saturated carbocycles. The van der Waals surface area contributed by atoms with E-state index in [2.05, 4.69) is 34.1 Å². The van der Waals surface area contributed by atoms with Crippen LogP contribution in [-0.2, 0) is 4.74 Å². The van der Waals surface area contributed by atoms with Crippen LogP contribution in [0, 0.1) is 5.92 Å². The van der Waals surface area contributed by atoms with Crippen LogP contribution in [0.5, 0.6) is 6.01 Å². The maximum atomic E-state index is 5.88. The minimum atomic E-state index is 0.104. The summed E-state index contributed by atoms with van der Waals surface area (Å²) in [5.41, 5.74) is 0. The summed E-state index contributed by atoms with van der Waals surface area (Å²) in [6.07, 6.45) is 0.880. The molecule has 0 aliphatic rings. The number of hydrogen-bond acceptors (Lipinski definition) is 6. The molecular formula is C13H23ClN4O2. The fraction of sp³-hybridized carbons (Fsp3) is 0.769. The van der Waals surface area contributed by atoms with E-state index >= 15 is 0 Å². The van der Waals surface area contributed by atoms with Gasteiger partial charge in [-0.2, -0.15) is 15.0 Å². The van der Waals surface area contributed by atoms with Crippen molar-refractivity contribution in [2.24, 2.45) is 5.92 Å². The third-order valence-corrected chi connectivity index (χ3v) is 2.81. The summed E-state index contributed by atoms with van der Waals surface area (Å²) in [5, 5.41) is 3.34. The zero-order valence-corrected chi connectivity index (χ0v) is 13.3. The Hall–Kier alpha value is -1.14. The van der Waals surface area contributed by atoms with Gasteiger partial charge in [0.25, 0.3) is 0 Å². The first-order valence-corrected chi connectivity index (χ1v) is 7.33. The molecule has 0 spiro atoms. The minimum absolute atomic E-state index is 0.104. The summed E-state index contributed by atoms with van der Waals surface area (Å²) in [6.45, 7) is 10.00. The highest BCUT2D eigenvalue weighted by atomic mass is 35.5. The number of nitrogens with one attached hydrogen (secondary N) is 1. The van der Waals surface area contributed by atoms with Crippen molar-refractivity contribution in [2.45, 2.75) is 40.2 Å². The van der Waals surface area contributed by atoms with Crippen LogP contribution in [0.15, 0.2) is 0 Å². The van der Waals surface area contributed by atoms with Gasteiger partial charge in [0.1, 0.15) is 0 Å². The maximum absolute atomic E-state index is 5.88. The van der Waals surface area contributed by atoms with E-state index in [1.54, 1.807) is 0 Å². The molecule has 7 heteroatoms. The van der Waals surface area contributed by atoms with Gasteiger partial charge in [0.15, 0.2) is 0 Å². The van der Waals surface area contributed by atoms with E-state index < -0.39 is 0 Å². The molecule has 0 aliphatic heterocycles. The molecule has 1 N–H and O–H groups in total. The summed E-state index contributed by atoms with van der Waals surface area (Å²) in [6, 6.07) is 0.348. The minimum Gasteiger partial charge on any atom is -0.463 e. The molecule has 1 heterocycles. The number of aromatic nitrogens is 3. The summed E-state index contributed by atoms with van der Waals surface area (Å²) in [7, 11) is 0. The SMILES string of the molecule is CCCOc1nc(Cl)nc(NC(COCC)C(C)C)n1. The van der Waals surface area contributed by atoms with Crippen LogP contribution >= 0.6 is 11.6 Å². The van der Waals surface area contributed by atoms with Crippen molar-refractivity contribution >= 4 is 17.5 Å². The molecule has 1 rings (SSSR count). The van der Waals surface area contributed by atoms with Gasteiger partial charge in [0.05, 0.1) is 19.3 Å². The van der Waals surface area contributed by atoms with Crippen LogP contribution in [0.3, 0.4) is 0 Å². The third-order valence-electron chi connectivity index (χ3n) is 2.64. The van der Waals surface area contributed by atoms with Gasteiger partial charge in [0, 0.05) is 6.61 Å². The van der Waals surface area contributed by atoms with Gasteiger partial charge >= 0.3 is 6.01 Å². The van der Waals surface area contributed by atoms with Crippen LogP contribution in [0.1, 0.15) is 34.1 Å². The highest BCUT2D eigenvalue weighted by Gasteiger charge is 2.16. The quantitative estimate of drug-likeness (QED) is 0.756. The topological polar surface area (TPSA) is 69.2 Å². The van der Waals surface area contributed by atoms with E-state index in [4.69, 9.17) is 21.1 Å². The lowest BCUT2D eigenvalue weighted by molar-refractivity contribution is 0.126. The Morgan fingerprint density at radius 2 is 1.95 bits per heavy atom. The monoisotopic (exact) mass is 302 g/mol. The average molecular weight is 303 g/mol. The van der Waals surface area contributed by atoms with E-state index in [1.165, 1.54) is 0 Å². The molecule has 0 bridgehead atoms. The summed E-state index contributed by atoms with van der Waals surface area (Å²) < 4.78 is 10.8. The number of rotatable bonds is 9. The normalized spacial score (nSPS) is 12.5. The smallest absolute Gasteiger partial charge is 0.322 e. The second-order valence-corrected chi connectivity index (χ2v) is 5.05. The lowest BCUT2D eigenvalue weighted by atomic mass is 10.1. The summed E-state index contributed by atoms with van der Waals surface area (Å²) in [5.74, 6) is 0.784. The van der Waals surface area contributed by atoms with E-state index in [-0.39, 0.29) is 17.3 Å². The highest BCUT2D eigenvalue weighted by molar-refractivity contribution is 6.28. The van der Waals surface area contributed by atoms with Crippen molar-refractivity contribution in [3.63, 3.8) is 0 Å². The van der Waals surface area contributed by atoms with Crippen molar-refractivity contribution < 1.29 is 9.47 Å². The summed E-state index contributed by atoms with van der Waals surface area (Å²) >= 11 is 5.88. The van der Waals surface area contributed by atoms with Crippen molar-refractivity contribution in [3.05, 3.63) is 5.28 Å². The van der Waals surface area contributed by atoms with E-state index in [9.17, 15) is 0 Å². The molecule has 0 fully saturated rings. The van der Waals surface area contributed by atoms with Crippen LogP contribution in [0.25, 0.3) is 0 Å². The Balaban J connectivity index is 2.75. The fourth-order valence-corrected chi connectivity index (χ4v) is 1.62. The molecule has 0 aliphatic carbocycles. The number of anilines is 1. The molecular weight excluding hydrogens is 280 g/mol. The molecule has 20 heavy (non-hydrogen) atoms. The average Bonchev–Trinajstić information content (AvgIpc) is 2.40. The Labute approximate surface area is 125 Å². The van der Waals surface area contributed by atoms with Crippen molar-refractivity contribution in [1.82, 2.24) is 15.0 Å².